The maximum Gasteiger partial charge on any atom is 0.329 e. The first kappa shape index (κ1) is 14.9. The third kappa shape index (κ3) is 4.27. The molecule has 1 aliphatic rings. The van der Waals surface area contributed by atoms with Gasteiger partial charge in [-0.15, -0.1) is 0 Å². The van der Waals surface area contributed by atoms with Crippen LogP contribution in [0, 0.1) is 0 Å². The van der Waals surface area contributed by atoms with Crippen LogP contribution in [0.2, 0.25) is 0 Å². The first-order chi connectivity index (χ1) is 8.60. The molecule has 1 rings (SSSR count). The van der Waals surface area contributed by atoms with Gasteiger partial charge >= 0.3 is 5.97 Å². The van der Waals surface area contributed by atoms with Gasteiger partial charge in [-0.1, -0.05) is 25.7 Å². The topological polar surface area (TPSA) is 102 Å². The van der Waals surface area contributed by atoms with Gasteiger partial charge in [0.25, 0.3) is 0 Å². The summed E-state index contributed by atoms with van der Waals surface area (Å²) in [6.45, 7) is 0.511. The van der Waals surface area contributed by atoms with Crippen molar-refractivity contribution in [1.82, 2.24) is 5.32 Å². The molecule has 0 heterocycles. The average Bonchev–Trinajstić information content (AvgIpc) is 2.56. The maximum atomic E-state index is 11.7. The van der Waals surface area contributed by atoms with E-state index in [2.05, 4.69) is 5.32 Å². The molecule has 0 aromatic heterocycles. The molecule has 4 N–H and O–H groups in total. The van der Waals surface area contributed by atoms with Gasteiger partial charge in [-0.25, -0.2) is 4.79 Å². The number of hydrogen-bond acceptors (Lipinski definition) is 4. The first-order valence-corrected chi connectivity index (χ1v) is 6.43. The molecule has 0 unspecified atom stereocenters. The van der Waals surface area contributed by atoms with Crippen molar-refractivity contribution in [3.8, 4) is 0 Å². The number of carboxylic acid groups (broad SMARTS) is 1. The molecule has 0 atom stereocenters. The van der Waals surface area contributed by atoms with Crippen LogP contribution >= 0.6 is 0 Å². The van der Waals surface area contributed by atoms with Crippen molar-refractivity contribution in [1.29, 1.82) is 0 Å². The minimum atomic E-state index is -1.11. The highest BCUT2D eigenvalue weighted by Gasteiger charge is 2.39. The molecule has 1 saturated carbocycles. The van der Waals surface area contributed by atoms with Crippen LogP contribution in [-0.2, 0) is 14.3 Å². The van der Waals surface area contributed by atoms with Gasteiger partial charge in [-0.2, -0.15) is 0 Å². The van der Waals surface area contributed by atoms with E-state index in [4.69, 9.17) is 10.5 Å². The smallest absolute Gasteiger partial charge is 0.329 e. The zero-order valence-electron chi connectivity index (χ0n) is 10.6. The molecule has 1 fully saturated rings. The van der Waals surface area contributed by atoms with Crippen molar-refractivity contribution in [2.24, 2.45) is 5.73 Å². The number of rotatable bonds is 6. The summed E-state index contributed by atoms with van der Waals surface area (Å²) in [5.41, 5.74) is 4.13. The van der Waals surface area contributed by atoms with Crippen LogP contribution in [0.25, 0.3) is 0 Å². The monoisotopic (exact) mass is 258 g/mol. The van der Waals surface area contributed by atoms with Crippen molar-refractivity contribution in [3.63, 3.8) is 0 Å². The molecule has 0 radical (unpaired) electrons. The van der Waals surface area contributed by atoms with E-state index in [1.165, 1.54) is 0 Å². The van der Waals surface area contributed by atoms with Crippen LogP contribution in [0.15, 0.2) is 0 Å². The van der Waals surface area contributed by atoms with Crippen molar-refractivity contribution >= 4 is 11.9 Å². The number of carbonyl (C=O) groups excluding carboxylic acids is 1. The SMILES string of the molecule is NCCOCC(=O)NC1(C(=O)O)CCCCCC1. The predicted octanol–water partition coefficient (Wildman–Crippen LogP) is 0.255. The third-order valence-corrected chi connectivity index (χ3v) is 3.24. The van der Waals surface area contributed by atoms with Gasteiger partial charge in [-0.05, 0) is 12.8 Å². The highest BCUT2D eigenvalue weighted by atomic mass is 16.5. The second kappa shape index (κ2) is 7.33. The first-order valence-electron chi connectivity index (χ1n) is 6.43. The number of nitrogens with two attached hydrogens (primary N) is 1. The molecule has 0 aliphatic heterocycles. The summed E-state index contributed by atoms with van der Waals surface area (Å²) in [6.07, 6.45) is 4.69. The molecule has 104 valence electrons. The van der Waals surface area contributed by atoms with E-state index in [0.717, 1.165) is 25.7 Å². The molecular formula is C12H22N2O4. The number of carbonyl (C=O) groups is 2. The molecule has 1 aliphatic carbocycles. The summed E-state index contributed by atoms with van der Waals surface area (Å²) in [5.74, 6) is -1.33. The van der Waals surface area contributed by atoms with Crippen LogP contribution in [-0.4, -0.2) is 42.3 Å². The van der Waals surface area contributed by atoms with Crippen molar-refractivity contribution in [3.05, 3.63) is 0 Å². The zero-order valence-corrected chi connectivity index (χ0v) is 10.6. The fraction of sp³-hybridized carbons (Fsp3) is 0.833. The highest BCUT2D eigenvalue weighted by molar-refractivity contribution is 5.87. The van der Waals surface area contributed by atoms with Crippen LogP contribution < -0.4 is 11.1 Å². The summed E-state index contributed by atoms with van der Waals surface area (Å²) in [6, 6.07) is 0. The number of carboxylic acids is 1. The Hall–Kier alpha value is -1.14. The Morgan fingerprint density at radius 3 is 2.33 bits per heavy atom. The number of nitrogens with one attached hydrogen (secondary N) is 1. The van der Waals surface area contributed by atoms with E-state index in [0.29, 0.717) is 26.0 Å². The minimum Gasteiger partial charge on any atom is -0.480 e. The van der Waals surface area contributed by atoms with Gasteiger partial charge in [0.1, 0.15) is 12.1 Å². The Bertz CT molecular complexity index is 286. The quantitative estimate of drug-likeness (QED) is 0.468. The van der Waals surface area contributed by atoms with E-state index < -0.39 is 11.5 Å². The van der Waals surface area contributed by atoms with Crippen LogP contribution in [0.3, 0.4) is 0 Å². The lowest BCUT2D eigenvalue weighted by atomic mass is 9.90. The van der Waals surface area contributed by atoms with E-state index in [-0.39, 0.29) is 12.5 Å². The normalized spacial score (nSPS) is 18.9. The summed E-state index contributed by atoms with van der Waals surface area (Å²) < 4.78 is 5.01. The largest absolute Gasteiger partial charge is 0.480 e. The van der Waals surface area contributed by atoms with Gasteiger partial charge < -0.3 is 20.9 Å². The molecule has 0 aromatic carbocycles. The third-order valence-electron chi connectivity index (χ3n) is 3.24. The number of aliphatic carboxylic acids is 1. The molecule has 1 amide bonds. The van der Waals surface area contributed by atoms with Crippen molar-refractivity contribution in [2.45, 2.75) is 44.1 Å². The highest BCUT2D eigenvalue weighted by Crippen LogP contribution is 2.27. The summed E-state index contributed by atoms with van der Waals surface area (Å²) >= 11 is 0. The number of ether oxygens (including phenoxy) is 1. The molecule has 6 heteroatoms. The predicted molar refractivity (Wildman–Crippen MR) is 66.1 cm³/mol. The van der Waals surface area contributed by atoms with Crippen LogP contribution in [0.1, 0.15) is 38.5 Å². The molecule has 6 nitrogen and oxygen atoms in total. The van der Waals surface area contributed by atoms with Gasteiger partial charge in [0.05, 0.1) is 6.61 Å². The Labute approximate surface area is 107 Å². The summed E-state index contributed by atoms with van der Waals surface area (Å²) in [4.78, 5) is 23.1. The standard InChI is InChI=1S/C12H22N2O4/c13-7-8-18-9-10(15)14-12(11(16)17)5-3-1-2-4-6-12/h1-9,13H2,(H,14,15)(H,16,17). The van der Waals surface area contributed by atoms with E-state index in [1.54, 1.807) is 0 Å². The Kier molecular flexibility index (Phi) is 6.07. The summed E-state index contributed by atoms with van der Waals surface area (Å²) in [7, 11) is 0. The second-order valence-corrected chi connectivity index (χ2v) is 4.69. The maximum absolute atomic E-state index is 11.7. The van der Waals surface area contributed by atoms with Gasteiger partial charge in [0.2, 0.25) is 5.91 Å². The number of hydrogen-bond donors (Lipinski definition) is 3. The van der Waals surface area contributed by atoms with E-state index in [9.17, 15) is 14.7 Å². The van der Waals surface area contributed by atoms with Crippen molar-refractivity contribution < 1.29 is 19.4 Å². The Morgan fingerprint density at radius 1 is 1.22 bits per heavy atom. The zero-order chi connectivity index (χ0) is 13.4. The van der Waals surface area contributed by atoms with Crippen LogP contribution in [0.5, 0.6) is 0 Å². The second-order valence-electron chi connectivity index (χ2n) is 4.69. The van der Waals surface area contributed by atoms with E-state index >= 15 is 0 Å². The van der Waals surface area contributed by atoms with Gasteiger partial charge in [0.15, 0.2) is 0 Å². The lowest BCUT2D eigenvalue weighted by Crippen LogP contribution is -2.55. The lowest BCUT2D eigenvalue weighted by molar-refractivity contribution is -0.149. The van der Waals surface area contributed by atoms with Gasteiger partial charge in [-0.3, -0.25) is 4.79 Å². The Morgan fingerprint density at radius 2 is 1.83 bits per heavy atom. The molecule has 18 heavy (non-hydrogen) atoms. The average molecular weight is 258 g/mol. The number of amides is 1. The van der Waals surface area contributed by atoms with Gasteiger partial charge in [0, 0.05) is 6.54 Å². The molecule has 0 bridgehead atoms. The fourth-order valence-corrected chi connectivity index (χ4v) is 2.28. The minimum absolute atomic E-state index is 0.133. The Balaban J connectivity index is 2.55. The van der Waals surface area contributed by atoms with E-state index in [1.807, 2.05) is 0 Å². The molecular weight excluding hydrogens is 236 g/mol. The van der Waals surface area contributed by atoms with Crippen molar-refractivity contribution in [2.75, 3.05) is 19.8 Å². The molecule has 0 spiro atoms. The molecule has 0 aromatic rings. The van der Waals surface area contributed by atoms with Crippen LogP contribution in [0.4, 0.5) is 0 Å². The lowest BCUT2D eigenvalue weighted by Gasteiger charge is -2.29. The summed E-state index contributed by atoms with van der Waals surface area (Å²) in [5, 5.41) is 12.0. The fourth-order valence-electron chi connectivity index (χ4n) is 2.28. The molecule has 0 saturated heterocycles.